The molecular formula is C18H28N2O3S. The average molecular weight is 353 g/mol. The lowest BCUT2D eigenvalue weighted by molar-refractivity contribution is -0.120. The van der Waals surface area contributed by atoms with Crippen molar-refractivity contribution >= 4 is 15.7 Å². The Balaban J connectivity index is 1.76. The highest BCUT2D eigenvalue weighted by atomic mass is 32.2. The van der Waals surface area contributed by atoms with Gasteiger partial charge in [-0.15, -0.1) is 0 Å². The third kappa shape index (κ3) is 5.60. The van der Waals surface area contributed by atoms with E-state index in [1.807, 2.05) is 0 Å². The van der Waals surface area contributed by atoms with E-state index in [0.717, 1.165) is 24.9 Å². The Morgan fingerprint density at radius 3 is 2.21 bits per heavy atom. The summed E-state index contributed by atoms with van der Waals surface area (Å²) in [5.41, 5.74) is 0.830. The van der Waals surface area contributed by atoms with Crippen molar-refractivity contribution in [3.05, 3.63) is 29.8 Å². The predicted octanol–water partition coefficient (Wildman–Crippen LogP) is 1.87. The summed E-state index contributed by atoms with van der Waals surface area (Å²) in [6.07, 6.45) is 6.18. The summed E-state index contributed by atoms with van der Waals surface area (Å²) in [4.78, 5) is 14.6. The molecule has 134 valence electrons. The van der Waals surface area contributed by atoms with E-state index in [1.54, 1.807) is 24.3 Å². The molecule has 1 aliphatic rings. The van der Waals surface area contributed by atoms with Crippen molar-refractivity contribution in [3.8, 4) is 0 Å². The molecule has 24 heavy (non-hydrogen) atoms. The van der Waals surface area contributed by atoms with E-state index in [1.165, 1.54) is 19.1 Å². The third-order valence-electron chi connectivity index (χ3n) is 4.85. The first-order valence-electron chi connectivity index (χ1n) is 8.48. The smallest absolute Gasteiger partial charge is 0.224 e. The van der Waals surface area contributed by atoms with Gasteiger partial charge in [0.2, 0.25) is 5.91 Å². The molecule has 0 aliphatic heterocycles. The number of carbonyl (C=O) groups is 1. The number of nitrogens with zero attached hydrogens (tertiary/aromatic N) is 1. The van der Waals surface area contributed by atoms with Crippen LogP contribution in [-0.2, 0) is 21.1 Å². The van der Waals surface area contributed by atoms with Crippen LogP contribution in [0.3, 0.4) is 0 Å². The molecule has 1 N–H and O–H groups in total. The maximum atomic E-state index is 12.1. The molecule has 0 saturated heterocycles. The van der Waals surface area contributed by atoms with Crippen molar-refractivity contribution in [2.24, 2.45) is 5.92 Å². The second-order valence-corrected chi connectivity index (χ2v) is 9.05. The van der Waals surface area contributed by atoms with Gasteiger partial charge in [0, 0.05) is 18.8 Å². The van der Waals surface area contributed by atoms with Crippen LogP contribution < -0.4 is 5.32 Å². The zero-order chi connectivity index (χ0) is 17.7. The van der Waals surface area contributed by atoms with Crippen molar-refractivity contribution in [1.82, 2.24) is 10.2 Å². The molecule has 6 heteroatoms. The van der Waals surface area contributed by atoms with Gasteiger partial charge in [-0.1, -0.05) is 12.1 Å². The molecule has 0 atom stereocenters. The molecule has 1 aromatic carbocycles. The monoisotopic (exact) mass is 352 g/mol. The summed E-state index contributed by atoms with van der Waals surface area (Å²) in [5.74, 6) is 0.564. The highest BCUT2D eigenvalue weighted by Gasteiger charge is 2.22. The molecule has 1 saturated carbocycles. The SMILES string of the molecule is CN(C)C1CCC(CNC(=O)Cc2ccc(S(C)(=O)=O)cc2)CC1. The molecule has 0 spiro atoms. The van der Waals surface area contributed by atoms with Crippen LogP contribution in [0.2, 0.25) is 0 Å². The Kier molecular flexibility index (Phi) is 6.40. The molecule has 0 heterocycles. The molecule has 1 fully saturated rings. The number of amides is 1. The second kappa shape index (κ2) is 8.12. The lowest BCUT2D eigenvalue weighted by Gasteiger charge is -2.32. The van der Waals surface area contributed by atoms with Gasteiger partial charge in [0.05, 0.1) is 11.3 Å². The summed E-state index contributed by atoms with van der Waals surface area (Å²) in [6.45, 7) is 0.737. The largest absolute Gasteiger partial charge is 0.356 e. The van der Waals surface area contributed by atoms with Gasteiger partial charge in [0.25, 0.3) is 0 Å². The van der Waals surface area contributed by atoms with Crippen LogP contribution in [0.4, 0.5) is 0 Å². The summed E-state index contributed by atoms with van der Waals surface area (Å²) in [6, 6.07) is 7.20. The lowest BCUT2D eigenvalue weighted by Crippen LogP contribution is -2.36. The average Bonchev–Trinajstić information content (AvgIpc) is 2.53. The Morgan fingerprint density at radius 1 is 1.12 bits per heavy atom. The van der Waals surface area contributed by atoms with Gasteiger partial charge in [-0.05, 0) is 63.4 Å². The quantitative estimate of drug-likeness (QED) is 0.849. The summed E-state index contributed by atoms with van der Waals surface area (Å²) < 4.78 is 22.9. The van der Waals surface area contributed by atoms with Gasteiger partial charge in [0.1, 0.15) is 0 Å². The maximum absolute atomic E-state index is 12.1. The van der Waals surface area contributed by atoms with Crippen molar-refractivity contribution in [1.29, 1.82) is 0 Å². The topological polar surface area (TPSA) is 66.5 Å². The van der Waals surface area contributed by atoms with Crippen LogP contribution >= 0.6 is 0 Å². The molecule has 1 aromatic rings. The number of benzene rings is 1. The van der Waals surface area contributed by atoms with Crippen LogP contribution in [-0.4, -0.2) is 52.2 Å². The maximum Gasteiger partial charge on any atom is 0.224 e. The van der Waals surface area contributed by atoms with Crippen LogP contribution in [0.15, 0.2) is 29.2 Å². The molecule has 1 amide bonds. The van der Waals surface area contributed by atoms with E-state index >= 15 is 0 Å². The normalized spacial score (nSPS) is 21.7. The summed E-state index contributed by atoms with van der Waals surface area (Å²) >= 11 is 0. The fourth-order valence-electron chi connectivity index (χ4n) is 3.23. The number of hydrogen-bond donors (Lipinski definition) is 1. The van der Waals surface area contributed by atoms with Gasteiger partial charge in [-0.25, -0.2) is 8.42 Å². The van der Waals surface area contributed by atoms with Crippen molar-refractivity contribution in [2.45, 2.75) is 43.0 Å². The number of carbonyl (C=O) groups excluding carboxylic acids is 1. The minimum Gasteiger partial charge on any atom is -0.356 e. The third-order valence-corrected chi connectivity index (χ3v) is 5.98. The van der Waals surface area contributed by atoms with Crippen molar-refractivity contribution in [2.75, 3.05) is 26.9 Å². The van der Waals surface area contributed by atoms with Crippen LogP contribution in [0, 0.1) is 5.92 Å². The summed E-state index contributed by atoms with van der Waals surface area (Å²) in [5, 5.41) is 3.02. The van der Waals surface area contributed by atoms with E-state index in [2.05, 4.69) is 24.3 Å². The first kappa shape index (κ1) is 18.9. The van der Waals surface area contributed by atoms with Crippen LogP contribution in [0.5, 0.6) is 0 Å². The number of nitrogens with one attached hydrogen (secondary N) is 1. The molecule has 2 rings (SSSR count). The van der Waals surface area contributed by atoms with Gasteiger partial charge in [-0.3, -0.25) is 4.79 Å². The zero-order valence-corrected chi connectivity index (χ0v) is 15.6. The van der Waals surface area contributed by atoms with E-state index in [-0.39, 0.29) is 17.2 Å². The van der Waals surface area contributed by atoms with E-state index in [0.29, 0.717) is 12.0 Å². The Hall–Kier alpha value is -1.40. The number of sulfone groups is 1. The first-order chi connectivity index (χ1) is 11.3. The van der Waals surface area contributed by atoms with Gasteiger partial charge in [-0.2, -0.15) is 0 Å². The highest BCUT2D eigenvalue weighted by molar-refractivity contribution is 7.90. The van der Waals surface area contributed by atoms with Crippen molar-refractivity contribution in [3.63, 3.8) is 0 Å². The van der Waals surface area contributed by atoms with Crippen LogP contribution in [0.25, 0.3) is 0 Å². The lowest BCUT2D eigenvalue weighted by atomic mass is 9.85. The van der Waals surface area contributed by atoms with E-state index < -0.39 is 9.84 Å². The number of hydrogen-bond acceptors (Lipinski definition) is 4. The molecule has 0 bridgehead atoms. The number of rotatable bonds is 6. The minimum absolute atomic E-state index is 0.00293. The van der Waals surface area contributed by atoms with Crippen molar-refractivity contribution < 1.29 is 13.2 Å². The Bertz CT molecular complexity index is 645. The van der Waals surface area contributed by atoms with Gasteiger partial charge >= 0.3 is 0 Å². The minimum atomic E-state index is -3.19. The molecular weight excluding hydrogens is 324 g/mol. The highest BCUT2D eigenvalue weighted by Crippen LogP contribution is 2.25. The first-order valence-corrected chi connectivity index (χ1v) is 10.4. The standard InChI is InChI=1S/C18H28N2O3S/c1-20(2)16-8-4-15(5-9-16)13-19-18(21)12-14-6-10-17(11-7-14)24(3,22)23/h6-7,10-11,15-16H,4-5,8-9,12-13H2,1-3H3,(H,19,21). The molecule has 0 unspecified atom stereocenters. The zero-order valence-electron chi connectivity index (χ0n) is 14.8. The fourth-order valence-corrected chi connectivity index (χ4v) is 3.86. The van der Waals surface area contributed by atoms with E-state index in [9.17, 15) is 13.2 Å². The Labute approximate surface area is 145 Å². The molecule has 0 aromatic heterocycles. The molecule has 0 radical (unpaired) electrons. The van der Waals surface area contributed by atoms with Gasteiger partial charge in [0.15, 0.2) is 9.84 Å². The summed E-state index contributed by atoms with van der Waals surface area (Å²) in [7, 11) is 1.07. The fraction of sp³-hybridized carbons (Fsp3) is 0.611. The van der Waals surface area contributed by atoms with Gasteiger partial charge < -0.3 is 10.2 Å². The molecule has 1 aliphatic carbocycles. The van der Waals surface area contributed by atoms with E-state index in [4.69, 9.17) is 0 Å². The Morgan fingerprint density at radius 2 is 1.71 bits per heavy atom. The molecule has 5 nitrogen and oxygen atoms in total. The second-order valence-electron chi connectivity index (χ2n) is 7.04. The van der Waals surface area contributed by atoms with Crippen LogP contribution in [0.1, 0.15) is 31.2 Å². The predicted molar refractivity (Wildman–Crippen MR) is 95.7 cm³/mol.